The van der Waals surface area contributed by atoms with Gasteiger partial charge < -0.3 is 4.90 Å². The summed E-state index contributed by atoms with van der Waals surface area (Å²) in [5, 5.41) is 8.41. The summed E-state index contributed by atoms with van der Waals surface area (Å²) in [6.45, 7) is 0.0304. The Balaban J connectivity index is 2.90. The monoisotopic (exact) mass is 248 g/mol. The zero-order chi connectivity index (χ0) is 10.7. The average Bonchev–Trinajstić information content (AvgIpc) is 2.44. The molecule has 0 aliphatic heterocycles. The Morgan fingerprint density at radius 1 is 1.71 bits per heavy atom. The Morgan fingerprint density at radius 2 is 2.36 bits per heavy atom. The second-order valence-corrected chi connectivity index (χ2v) is 4.84. The molecule has 1 aromatic rings. The summed E-state index contributed by atoms with van der Waals surface area (Å²) in [5.41, 5.74) is 0.347. The Bertz CT molecular complexity index is 397. The van der Waals surface area contributed by atoms with Crippen LogP contribution < -0.4 is 0 Å². The van der Waals surface area contributed by atoms with Crippen molar-refractivity contribution in [2.24, 2.45) is 0 Å². The van der Waals surface area contributed by atoms with E-state index in [4.69, 9.17) is 28.5 Å². The maximum absolute atomic E-state index is 11.6. The molecule has 14 heavy (non-hydrogen) atoms. The van der Waals surface area contributed by atoms with Crippen LogP contribution >= 0.6 is 34.5 Å². The number of halogens is 2. The van der Waals surface area contributed by atoms with Crippen LogP contribution in [0.4, 0.5) is 0 Å². The quantitative estimate of drug-likeness (QED) is 0.756. The van der Waals surface area contributed by atoms with Crippen molar-refractivity contribution in [1.82, 2.24) is 4.90 Å². The number of rotatable bonds is 2. The van der Waals surface area contributed by atoms with Gasteiger partial charge in [0.15, 0.2) is 0 Å². The Hall–Kier alpha value is -0.760. The van der Waals surface area contributed by atoms with E-state index in [0.29, 0.717) is 14.2 Å². The van der Waals surface area contributed by atoms with E-state index in [1.165, 1.54) is 18.0 Å². The molecule has 1 rings (SSSR count). The van der Waals surface area contributed by atoms with Crippen molar-refractivity contribution in [2.45, 2.75) is 0 Å². The normalized spacial score (nSPS) is 9.57. The van der Waals surface area contributed by atoms with E-state index >= 15 is 0 Å². The van der Waals surface area contributed by atoms with E-state index in [1.54, 1.807) is 0 Å². The van der Waals surface area contributed by atoms with Crippen LogP contribution in [-0.2, 0) is 0 Å². The molecule has 3 nitrogen and oxygen atoms in total. The Morgan fingerprint density at radius 3 is 2.79 bits per heavy atom. The molecule has 0 saturated carbocycles. The van der Waals surface area contributed by atoms with E-state index < -0.39 is 0 Å². The summed E-state index contributed by atoms with van der Waals surface area (Å²) >= 11 is 12.6. The van der Waals surface area contributed by atoms with Gasteiger partial charge in [-0.1, -0.05) is 23.2 Å². The number of carbonyl (C=O) groups excluding carboxylic acids is 1. The maximum atomic E-state index is 11.6. The lowest BCUT2D eigenvalue weighted by atomic mass is 10.3. The first-order valence-corrected chi connectivity index (χ1v) is 5.20. The number of carbonyl (C=O) groups is 1. The largest absolute Gasteiger partial charge is 0.328 e. The Labute approximate surface area is 95.5 Å². The molecule has 0 atom stereocenters. The average molecular weight is 249 g/mol. The Kier molecular flexibility index (Phi) is 3.76. The lowest BCUT2D eigenvalue weighted by molar-refractivity contribution is 0.0812. The number of hydrogen-bond acceptors (Lipinski definition) is 3. The van der Waals surface area contributed by atoms with E-state index in [0.717, 1.165) is 11.3 Å². The third kappa shape index (κ3) is 2.38. The fourth-order valence-electron chi connectivity index (χ4n) is 0.870. The van der Waals surface area contributed by atoms with Gasteiger partial charge in [0.25, 0.3) is 5.91 Å². The molecule has 0 aliphatic carbocycles. The van der Waals surface area contributed by atoms with Gasteiger partial charge in [-0.15, -0.1) is 11.3 Å². The summed E-state index contributed by atoms with van der Waals surface area (Å²) in [7, 11) is 1.54. The van der Waals surface area contributed by atoms with Gasteiger partial charge in [-0.05, 0) is 6.07 Å². The van der Waals surface area contributed by atoms with Crippen molar-refractivity contribution in [3.63, 3.8) is 0 Å². The lowest BCUT2D eigenvalue weighted by Crippen LogP contribution is -2.26. The fraction of sp³-hybridized carbons (Fsp3) is 0.250. The van der Waals surface area contributed by atoms with Gasteiger partial charge in [0, 0.05) is 7.05 Å². The number of amides is 1. The van der Waals surface area contributed by atoms with Crippen molar-refractivity contribution < 1.29 is 4.79 Å². The van der Waals surface area contributed by atoms with Crippen LogP contribution in [-0.4, -0.2) is 24.4 Å². The van der Waals surface area contributed by atoms with Gasteiger partial charge in [0.1, 0.15) is 10.9 Å². The molecular formula is C8H6Cl2N2OS. The van der Waals surface area contributed by atoms with E-state index in [2.05, 4.69) is 0 Å². The summed E-state index contributed by atoms with van der Waals surface area (Å²) in [4.78, 5) is 12.9. The molecule has 0 spiro atoms. The molecule has 0 fully saturated rings. The first-order chi connectivity index (χ1) is 6.56. The first-order valence-electron chi connectivity index (χ1n) is 3.63. The van der Waals surface area contributed by atoms with E-state index in [-0.39, 0.29) is 12.5 Å². The second-order valence-electron chi connectivity index (χ2n) is 2.56. The van der Waals surface area contributed by atoms with Gasteiger partial charge in [-0.25, -0.2) is 0 Å². The molecule has 1 amide bonds. The zero-order valence-electron chi connectivity index (χ0n) is 7.25. The first kappa shape index (κ1) is 11.3. The highest BCUT2D eigenvalue weighted by molar-refractivity contribution is 7.20. The van der Waals surface area contributed by atoms with Crippen molar-refractivity contribution in [2.75, 3.05) is 13.6 Å². The number of nitriles is 1. The molecule has 1 aromatic heterocycles. The molecule has 0 unspecified atom stereocenters. The molecule has 6 heteroatoms. The highest BCUT2D eigenvalue weighted by atomic mass is 35.5. The van der Waals surface area contributed by atoms with Crippen LogP contribution in [0, 0.1) is 11.3 Å². The minimum absolute atomic E-state index is 0.0304. The van der Waals surface area contributed by atoms with E-state index in [9.17, 15) is 4.79 Å². The zero-order valence-corrected chi connectivity index (χ0v) is 9.58. The third-order valence-electron chi connectivity index (χ3n) is 1.54. The number of nitrogens with zero attached hydrogens (tertiary/aromatic N) is 2. The highest BCUT2D eigenvalue weighted by Gasteiger charge is 2.17. The molecule has 0 N–H and O–H groups in total. The van der Waals surface area contributed by atoms with Gasteiger partial charge in [-0.2, -0.15) is 5.26 Å². The standard InChI is InChI=1S/C8H6Cl2N2OS/c1-12(3-2-11)8(13)5-4-6(9)14-7(5)10/h4H,3H2,1H3. The third-order valence-corrected chi connectivity index (χ3v) is 3.03. The predicted molar refractivity (Wildman–Crippen MR) is 56.9 cm³/mol. The second kappa shape index (κ2) is 4.65. The van der Waals surface area contributed by atoms with Crippen molar-refractivity contribution >= 4 is 40.4 Å². The molecule has 1 heterocycles. The summed E-state index contributed by atoms with van der Waals surface area (Å²) in [6, 6.07) is 3.38. The summed E-state index contributed by atoms with van der Waals surface area (Å²) < 4.78 is 0.813. The predicted octanol–water partition coefficient (Wildman–Crippen LogP) is 2.65. The lowest BCUT2D eigenvalue weighted by Gasteiger charge is -2.11. The fourth-order valence-corrected chi connectivity index (χ4v) is 2.32. The van der Waals surface area contributed by atoms with Crippen LogP contribution in [0.3, 0.4) is 0 Å². The molecule has 0 radical (unpaired) electrons. The molecule has 74 valence electrons. The topological polar surface area (TPSA) is 44.1 Å². The van der Waals surface area contributed by atoms with Crippen molar-refractivity contribution in [3.05, 3.63) is 20.3 Å². The van der Waals surface area contributed by atoms with Gasteiger partial charge in [-0.3, -0.25) is 4.79 Å². The number of thiophene rings is 1. The minimum Gasteiger partial charge on any atom is -0.328 e. The molecule has 0 aliphatic rings. The van der Waals surface area contributed by atoms with Crippen LogP contribution in [0.25, 0.3) is 0 Å². The smallest absolute Gasteiger partial charge is 0.256 e. The van der Waals surface area contributed by atoms with Crippen LogP contribution in [0.1, 0.15) is 10.4 Å². The molecular weight excluding hydrogens is 243 g/mol. The van der Waals surface area contributed by atoms with E-state index in [1.807, 2.05) is 6.07 Å². The highest BCUT2D eigenvalue weighted by Crippen LogP contribution is 2.31. The van der Waals surface area contributed by atoms with Gasteiger partial charge in [0.2, 0.25) is 0 Å². The molecule has 0 aromatic carbocycles. The maximum Gasteiger partial charge on any atom is 0.256 e. The van der Waals surface area contributed by atoms with Crippen LogP contribution in [0.2, 0.25) is 8.67 Å². The van der Waals surface area contributed by atoms with Crippen LogP contribution in [0.15, 0.2) is 6.07 Å². The molecule has 0 bridgehead atoms. The summed E-state index contributed by atoms with van der Waals surface area (Å²) in [6.07, 6.45) is 0. The molecule has 0 saturated heterocycles. The van der Waals surface area contributed by atoms with Gasteiger partial charge in [0.05, 0.1) is 16.0 Å². The number of hydrogen-bond donors (Lipinski definition) is 0. The van der Waals surface area contributed by atoms with Crippen molar-refractivity contribution in [1.29, 1.82) is 5.26 Å². The van der Waals surface area contributed by atoms with Crippen LogP contribution in [0.5, 0.6) is 0 Å². The SMILES string of the molecule is CN(CC#N)C(=O)c1cc(Cl)sc1Cl. The van der Waals surface area contributed by atoms with Crippen molar-refractivity contribution in [3.8, 4) is 6.07 Å². The van der Waals surface area contributed by atoms with Gasteiger partial charge >= 0.3 is 0 Å². The minimum atomic E-state index is -0.292. The summed E-state index contributed by atoms with van der Waals surface area (Å²) in [5.74, 6) is -0.292.